The Kier molecular flexibility index (Phi) is 4.51. The molecule has 6 heavy (non-hydrogen) atoms. The maximum absolute atomic E-state index is 4.74. The molecule has 0 spiro atoms. The van der Waals surface area contributed by atoms with Crippen molar-refractivity contribution in [2.75, 3.05) is 0 Å². The molecule has 0 aliphatic carbocycles. The van der Waals surface area contributed by atoms with Crippen LogP contribution in [0.2, 0.25) is 6.82 Å². The van der Waals surface area contributed by atoms with E-state index in [-0.39, 0.29) is 7.86 Å². The topological polar surface area (TPSA) is 0 Å². The van der Waals surface area contributed by atoms with Gasteiger partial charge in [-0.05, 0) is 0 Å². The number of rotatable bonds is 1. The van der Waals surface area contributed by atoms with Crippen LogP contribution >= 0.6 is 22.4 Å². The van der Waals surface area contributed by atoms with Gasteiger partial charge in [0.1, 0.15) is 3.85 Å². The van der Waals surface area contributed by atoms with Gasteiger partial charge in [-0.2, -0.15) is 22.4 Å². The molecule has 0 rings (SSSR count). The third kappa shape index (κ3) is 3.76. The molecule has 5 heteroatoms. The predicted molar refractivity (Wildman–Crippen MR) is 47.7 cm³/mol. The van der Waals surface area contributed by atoms with E-state index in [1.807, 2.05) is 6.82 Å². The van der Waals surface area contributed by atoms with E-state index in [1.165, 1.54) is 0 Å². The molecule has 0 amide bonds. The lowest BCUT2D eigenvalue weighted by molar-refractivity contribution is 2.37. The Morgan fingerprint density at radius 2 is 1.83 bits per heavy atom. The summed E-state index contributed by atoms with van der Waals surface area (Å²) in [6.45, 7) is 2.03. The van der Waals surface area contributed by atoms with Gasteiger partial charge in [0.05, 0.1) is 0 Å². The summed E-state index contributed by atoms with van der Waals surface area (Å²) >= 11 is 11.7. The molecule has 0 aliphatic rings. The quantitative estimate of drug-likeness (QED) is 0.387. The van der Waals surface area contributed by atoms with Gasteiger partial charge in [-0.3, -0.25) is 22.4 Å². The zero-order chi connectivity index (χ0) is 5.15. The van der Waals surface area contributed by atoms with Gasteiger partial charge in [-0.25, -0.2) is 0 Å². The third-order valence-corrected chi connectivity index (χ3v) is 6.12. The Labute approximate surface area is 62.8 Å². The lowest BCUT2D eigenvalue weighted by Crippen LogP contribution is -1.92. The van der Waals surface area contributed by atoms with Crippen molar-refractivity contribution in [3.8, 4) is 0 Å². The van der Waals surface area contributed by atoms with E-state index in [0.29, 0.717) is 3.85 Å². The molecule has 0 saturated carbocycles. The standard InChI is InChI=1S/CH3BIS3/c1-2(3)6(4)5/h1H3/q-1. The van der Waals surface area contributed by atoms with Crippen molar-refractivity contribution in [2.45, 2.75) is 6.82 Å². The molecule has 0 radical (unpaired) electrons. The Hall–Kier alpha value is 1.58. The van der Waals surface area contributed by atoms with Crippen molar-refractivity contribution in [1.29, 1.82) is 0 Å². The molecule has 0 nitrogen and oxygen atoms in total. The second-order valence-electron chi connectivity index (χ2n) is 0.803. The molecule has 36 valence electrons. The summed E-state index contributed by atoms with van der Waals surface area (Å²) in [5.41, 5.74) is 0. The van der Waals surface area contributed by atoms with Gasteiger partial charge in [-0.1, -0.05) is 6.82 Å². The first-order chi connectivity index (χ1) is 2.64. The summed E-state index contributed by atoms with van der Waals surface area (Å²) in [6.07, 6.45) is 0. The van der Waals surface area contributed by atoms with E-state index in [4.69, 9.17) is 22.4 Å². The van der Waals surface area contributed by atoms with Gasteiger partial charge in [0, 0.05) is 0 Å². The normalized spacial score (nSPS) is 9.17. The maximum atomic E-state index is 4.74. The first-order valence-corrected chi connectivity index (χ1v) is 5.75. The van der Waals surface area contributed by atoms with Crippen LogP contribution in [0.1, 0.15) is 0 Å². The molecule has 0 saturated heterocycles. The summed E-state index contributed by atoms with van der Waals surface area (Å²) in [6, 6.07) is 0. The van der Waals surface area contributed by atoms with Crippen LogP contribution in [0, 0.1) is 0 Å². The second-order valence-corrected chi connectivity index (χ2v) is 7.53. The first-order valence-electron chi connectivity index (χ1n) is 1.36. The monoisotopic (exact) mass is 249 g/mol. The molecule has 0 N–H and O–H groups in total. The highest BCUT2D eigenvalue weighted by atomic mass is 127. The molecule has 0 heterocycles. The largest absolute Gasteiger partial charge is 0.359 e. The van der Waals surface area contributed by atoms with Crippen molar-refractivity contribution in [2.24, 2.45) is 0 Å². The Morgan fingerprint density at radius 3 is 1.83 bits per heavy atom. The van der Waals surface area contributed by atoms with Crippen LogP contribution < -0.4 is 0 Å². The molecule has 0 unspecified atom stereocenters. The molecular weight excluding hydrogens is 246 g/mol. The summed E-state index contributed by atoms with van der Waals surface area (Å²) in [5.74, 6) is 0. The van der Waals surface area contributed by atoms with Gasteiger partial charge < -0.3 is 7.86 Å². The molecule has 0 fully saturated rings. The van der Waals surface area contributed by atoms with Crippen LogP contribution in [-0.2, 0) is 30.2 Å². The van der Waals surface area contributed by atoms with E-state index in [9.17, 15) is 0 Å². The van der Waals surface area contributed by atoms with Crippen LogP contribution in [0.4, 0.5) is 0 Å². The third-order valence-electron chi connectivity index (χ3n) is 0.265. The number of halogens is 1. The number of hydrogen-bond acceptors (Lipinski definition) is 3. The number of hydrogen-bond donors (Lipinski definition) is 0. The molecule has 0 aromatic carbocycles. The highest BCUT2D eigenvalue weighted by Gasteiger charge is 1.78. The zero-order valence-electron chi connectivity index (χ0n) is 3.18. The molecule has 0 aromatic heterocycles. The predicted octanol–water partition coefficient (Wildman–Crippen LogP) is 1.08. The summed E-state index contributed by atoms with van der Waals surface area (Å²) < 4.78 is 0.479. The Balaban J connectivity index is 3.57. The van der Waals surface area contributed by atoms with Gasteiger partial charge in [0.15, 0.2) is 0 Å². The Bertz CT molecular complexity index is 87.0. The van der Waals surface area contributed by atoms with E-state index < -0.39 is 0 Å². The first kappa shape index (κ1) is 7.58. The Morgan fingerprint density at radius 1 is 1.67 bits per heavy atom. The molecule has 0 atom stereocenters. The van der Waals surface area contributed by atoms with Crippen molar-refractivity contribution >= 4 is 56.5 Å². The van der Waals surface area contributed by atoms with Crippen LogP contribution in [-0.4, -0.2) is 3.85 Å². The zero-order valence-corrected chi connectivity index (χ0v) is 7.79. The van der Waals surface area contributed by atoms with Crippen LogP contribution in [0.15, 0.2) is 0 Å². The fraction of sp³-hybridized carbons (Fsp3) is 1.00. The SMILES string of the molecule is CB(I)[S-](=S)=S. The summed E-state index contributed by atoms with van der Waals surface area (Å²) in [5, 5.41) is 0. The van der Waals surface area contributed by atoms with E-state index in [2.05, 4.69) is 22.4 Å². The van der Waals surface area contributed by atoms with Gasteiger partial charge >= 0.3 is 0 Å². The smallest absolute Gasteiger partial charge is 0.119 e. The van der Waals surface area contributed by atoms with Crippen molar-refractivity contribution in [3.63, 3.8) is 0 Å². The lowest BCUT2D eigenvalue weighted by atomic mass is 10.2. The molecular formula is CH3BIS3-. The van der Waals surface area contributed by atoms with Crippen LogP contribution in [0.25, 0.3) is 0 Å². The molecule has 0 bridgehead atoms. The fourth-order valence-electron chi connectivity index (χ4n) is 0. The summed E-state index contributed by atoms with van der Waals surface area (Å²) in [4.78, 5) is 0. The van der Waals surface area contributed by atoms with Gasteiger partial charge in [0.2, 0.25) is 0 Å². The van der Waals surface area contributed by atoms with Crippen molar-refractivity contribution in [3.05, 3.63) is 0 Å². The highest BCUT2D eigenvalue weighted by molar-refractivity contribution is 14.1. The van der Waals surface area contributed by atoms with E-state index in [1.54, 1.807) is 0 Å². The lowest BCUT2D eigenvalue weighted by Gasteiger charge is -1.96. The fourth-order valence-corrected chi connectivity index (χ4v) is 0. The summed E-state index contributed by atoms with van der Waals surface area (Å²) in [7, 11) is -0.214. The van der Waals surface area contributed by atoms with Crippen LogP contribution in [0.5, 0.6) is 0 Å². The van der Waals surface area contributed by atoms with E-state index in [0.717, 1.165) is 0 Å². The molecule has 0 aromatic rings. The maximum Gasteiger partial charge on any atom is 0.119 e. The van der Waals surface area contributed by atoms with Gasteiger partial charge in [0.25, 0.3) is 0 Å². The van der Waals surface area contributed by atoms with E-state index >= 15 is 0 Å². The van der Waals surface area contributed by atoms with Crippen molar-refractivity contribution < 1.29 is 0 Å². The minimum absolute atomic E-state index is 0.214. The highest BCUT2D eigenvalue weighted by Crippen LogP contribution is 1.91. The van der Waals surface area contributed by atoms with Crippen molar-refractivity contribution in [1.82, 2.24) is 0 Å². The molecule has 0 aliphatic heterocycles. The average molecular weight is 249 g/mol. The minimum Gasteiger partial charge on any atom is -0.359 e. The minimum atomic E-state index is -0.214. The second kappa shape index (κ2) is 3.57. The van der Waals surface area contributed by atoms with Gasteiger partial charge in [-0.15, -0.1) is 0 Å². The van der Waals surface area contributed by atoms with Crippen LogP contribution in [0.3, 0.4) is 0 Å². The average Bonchev–Trinajstić information content (AvgIpc) is 1.36.